The third-order valence-corrected chi connectivity index (χ3v) is 4.25. The molecule has 1 aliphatic heterocycles. The molecule has 1 aromatic rings. The average Bonchev–Trinajstić information content (AvgIpc) is 2.71. The van der Waals surface area contributed by atoms with Crippen LogP contribution in [0.25, 0.3) is 0 Å². The van der Waals surface area contributed by atoms with Crippen LogP contribution in [-0.4, -0.2) is 46.5 Å². The zero-order valence-corrected chi connectivity index (χ0v) is 13.5. The van der Waals surface area contributed by atoms with E-state index < -0.39 is 0 Å². The molecule has 21 heavy (non-hydrogen) atoms. The van der Waals surface area contributed by atoms with Gasteiger partial charge in [0.25, 0.3) is 0 Å². The average molecular weight is 294 g/mol. The summed E-state index contributed by atoms with van der Waals surface area (Å²) in [4.78, 5) is 13.4. The second-order valence-corrected chi connectivity index (χ2v) is 5.61. The maximum absolute atomic E-state index is 11.6. The molecule has 0 unspecified atom stereocenters. The van der Waals surface area contributed by atoms with Gasteiger partial charge >= 0.3 is 6.09 Å². The van der Waals surface area contributed by atoms with E-state index >= 15 is 0 Å². The van der Waals surface area contributed by atoms with Crippen LogP contribution in [0, 0.1) is 13.8 Å². The molecular weight excluding hydrogens is 268 g/mol. The van der Waals surface area contributed by atoms with Crippen LogP contribution in [0.2, 0.25) is 0 Å². The van der Waals surface area contributed by atoms with E-state index in [4.69, 9.17) is 4.74 Å². The molecule has 0 radical (unpaired) electrons. The van der Waals surface area contributed by atoms with Crippen molar-refractivity contribution in [1.29, 1.82) is 0 Å². The van der Waals surface area contributed by atoms with Gasteiger partial charge in [0.1, 0.15) is 0 Å². The molecule has 0 bridgehead atoms. The third kappa shape index (κ3) is 3.75. The highest BCUT2D eigenvalue weighted by molar-refractivity contribution is 5.67. The highest BCUT2D eigenvalue weighted by Gasteiger charge is 2.23. The smallest absolute Gasteiger partial charge is 0.409 e. The predicted octanol–water partition coefficient (Wildman–Crippen LogP) is 1.75. The Morgan fingerprint density at radius 3 is 2.57 bits per heavy atom. The van der Waals surface area contributed by atoms with Crippen LogP contribution < -0.4 is 5.32 Å². The quantitative estimate of drug-likeness (QED) is 0.919. The lowest BCUT2D eigenvalue weighted by Gasteiger charge is -2.31. The van der Waals surface area contributed by atoms with Crippen molar-refractivity contribution < 1.29 is 9.53 Å². The van der Waals surface area contributed by atoms with E-state index in [9.17, 15) is 4.79 Å². The van der Waals surface area contributed by atoms with Gasteiger partial charge in [-0.3, -0.25) is 4.68 Å². The minimum absolute atomic E-state index is 0.185. The van der Waals surface area contributed by atoms with Gasteiger partial charge in [0, 0.05) is 44.0 Å². The minimum atomic E-state index is -0.185. The third-order valence-electron chi connectivity index (χ3n) is 4.25. The van der Waals surface area contributed by atoms with Gasteiger partial charge in [-0.1, -0.05) is 0 Å². The molecule has 2 heterocycles. The summed E-state index contributed by atoms with van der Waals surface area (Å²) in [6, 6.07) is 0.453. The molecule has 1 saturated heterocycles. The first kappa shape index (κ1) is 15.8. The number of ether oxygens (including phenoxy) is 1. The Hall–Kier alpha value is -1.56. The Labute approximate surface area is 126 Å². The first-order valence-corrected chi connectivity index (χ1v) is 7.67. The maximum Gasteiger partial charge on any atom is 0.409 e. The van der Waals surface area contributed by atoms with Gasteiger partial charge in [-0.05, 0) is 33.6 Å². The Balaban J connectivity index is 1.80. The summed E-state index contributed by atoms with van der Waals surface area (Å²) in [6.45, 7) is 8.80. The molecule has 6 nitrogen and oxygen atoms in total. The molecule has 0 aromatic carbocycles. The van der Waals surface area contributed by atoms with E-state index in [2.05, 4.69) is 17.3 Å². The largest absolute Gasteiger partial charge is 0.450 e. The maximum atomic E-state index is 11.6. The zero-order chi connectivity index (χ0) is 15.4. The fourth-order valence-corrected chi connectivity index (χ4v) is 2.80. The van der Waals surface area contributed by atoms with E-state index in [1.807, 2.05) is 25.6 Å². The Bertz CT molecular complexity index is 490. The van der Waals surface area contributed by atoms with Gasteiger partial charge in [0.05, 0.1) is 12.3 Å². The van der Waals surface area contributed by atoms with E-state index in [0.717, 1.165) is 38.2 Å². The molecule has 1 amide bonds. The summed E-state index contributed by atoms with van der Waals surface area (Å²) in [5, 5.41) is 8.03. The Morgan fingerprint density at radius 1 is 1.38 bits per heavy atom. The van der Waals surface area contributed by atoms with Crippen molar-refractivity contribution in [3.63, 3.8) is 0 Å². The van der Waals surface area contributed by atoms with Crippen LogP contribution >= 0.6 is 0 Å². The van der Waals surface area contributed by atoms with Crippen LogP contribution in [0.15, 0.2) is 0 Å². The number of likely N-dealkylation sites (tertiary alicyclic amines) is 1. The molecule has 118 valence electrons. The van der Waals surface area contributed by atoms with Crippen LogP contribution in [0.5, 0.6) is 0 Å². The Kier molecular flexibility index (Phi) is 5.22. The summed E-state index contributed by atoms with van der Waals surface area (Å²) in [7, 11) is 1.98. The van der Waals surface area contributed by atoms with Gasteiger partial charge in [-0.25, -0.2) is 4.79 Å². The van der Waals surface area contributed by atoms with Gasteiger partial charge < -0.3 is 15.0 Å². The molecule has 1 aromatic heterocycles. The molecule has 0 aliphatic carbocycles. The number of carbonyl (C=O) groups excluding carboxylic acids is 1. The minimum Gasteiger partial charge on any atom is -0.450 e. The van der Waals surface area contributed by atoms with Crippen molar-refractivity contribution in [3.05, 3.63) is 17.0 Å². The van der Waals surface area contributed by atoms with Crippen molar-refractivity contribution in [2.24, 2.45) is 7.05 Å². The topological polar surface area (TPSA) is 59.4 Å². The zero-order valence-electron chi connectivity index (χ0n) is 13.5. The van der Waals surface area contributed by atoms with Crippen molar-refractivity contribution >= 4 is 6.09 Å². The second kappa shape index (κ2) is 6.93. The summed E-state index contributed by atoms with van der Waals surface area (Å²) >= 11 is 0. The molecule has 0 spiro atoms. The summed E-state index contributed by atoms with van der Waals surface area (Å²) < 4.78 is 6.96. The van der Waals surface area contributed by atoms with E-state index in [0.29, 0.717) is 12.6 Å². The molecule has 0 saturated carbocycles. The lowest BCUT2D eigenvalue weighted by atomic mass is 10.0. The van der Waals surface area contributed by atoms with Gasteiger partial charge in [-0.2, -0.15) is 5.10 Å². The molecule has 1 aliphatic rings. The van der Waals surface area contributed by atoms with Crippen molar-refractivity contribution in [3.8, 4) is 0 Å². The number of aryl methyl sites for hydroxylation is 2. The SMILES string of the molecule is CCOC(=O)N1CCC(NCc2c(C)nn(C)c2C)CC1. The standard InChI is InChI=1S/C15H26N4O2/c1-5-21-15(20)19-8-6-13(7-9-19)16-10-14-11(2)17-18(4)12(14)3/h13,16H,5-10H2,1-4H3. The number of nitrogens with one attached hydrogen (secondary N) is 1. The fourth-order valence-electron chi connectivity index (χ4n) is 2.80. The summed E-state index contributed by atoms with van der Waals surface area (Å²) in [5.41, 5.74) is 3.58. The number of hydrogen-bond donors (Lipinski definition) is 1. The van der Waals surface area contributed by atoms with E-state index in [-0.39, 0.29) is 6.09 Å². The van der Waals surface area contributed by atoms with Crippen LogP contribution in [0.3, 0.4) is 0 Å². The molecule has 0 atom stereocenters. The monoisotopic (exact) mass is 294 g/mol. The predicted molar refractivity (Wildman–Crippen MR) is 81.1 cm³/mol. The van der Waals surface area contributed by atoms with Gasteiger partial charge in [0.15, 0.2) is 0 Å². The molecule has 1 N–H and O–H groups in total. The number of amides is 1. The molecule has 1 fully saturated rings. The van der Waals surface area contributed by atoms with Crippen LogP contribution in [-0.2, 0) is 18.3 Å². The number of rotatable bonds is 4. The van der Waals surface area contributed by atoms with Gasteiger partial charge in [-0.15, -0.1) is 0 Å². The first-order valence-electron chi connectivity index (χ1n) is 7.67. The highest BCUT2D eigenvalue weighted by atomic mass is 16.6. The first-order chi connectivity index (χ1) is 10.0. The van der Waals surface area contributed by atoms with Crippen LogP contribution in [0.4, 0.5) is 4.79 Å². The lowest BCUT2D eigenvalue weighted by Crippen LogP contribution is -2.45. The van der Waals surface area contributed by atoms with E-state index in [1.165, 1.54) is 11.3 Å². The van der Waals surface area contributed by atoms with Crippen molar-refractivity contribution in [2.75, 3.05) is 19.7 Å². The fraction of sp³-hybridized carbons (Fsp3) is 0.733. The van der Waals surface area contributed by atoms with Crippen molar-refractivity contribution in [2.45, 2.75) is 46.2 Å². The molecular formula is C15H26N4O2. The molecule has 6 heteroatoms. The van der Waals surface area contributed by atoms with Crippen molar-refractivity contribution in [1.82, 2.24) is 20.0 Å². The number of carbonyl (C=O) groups is 1. The Morgan fingerprint density at radius 2 is 2.05 bits per heavy atom. The summed E-state index contributed by atoms with van der Waals surface area (Å²) in [5.74, 6) is 0. The summed E-state index contributed by atoms with van der Waals surface area (Å²) in [6.07, 6.45) is 1.75. The van der Waals surface area contributed by atoms with Crippen LogP contribution in [0.1, 0.15) is 36.7 Å². The van der Waals surface area contributed by atoms with Gasteiger partial charge in [0.2, 0.25) is 0 Å². The number of nitrogens with zero attached hydrogens (tertiary/aromatic N) is 3. The second-order valence-electron chi connectivity index (χ2n) is 5.61. The highest BCUT2D eigenvalue weighted by Crippen LogP contribution is 2.15. The number of aromatic nitrogens is 2. The molecule has 2 rings (SSSR count). The number of piperidine rings is 1. The normalized spacial score (nSPS) is 16.3. The number of hydrogen-bond acceptors (Lipinski definition) is 4. The van der Waals surface area contributed by atoms with E-state index in [1.54, 1.807) is 4.90 Å². The lowest BCUT2D eigenvalue weighted by molar-refractivity contribution is 0.0950.